The third-order valence-electron chi connectivity index (χ3n) is 2.97. The van der Waals surface area contributed by atoms with E-state index in [1.165, 1.54) is 5.56 Å². The van der Waals surface area contributed by atoms with E-state index in [2.05, 4.69) is 40.8 Å². The van der Waals surface area contributed by atoms with E-state index in [0.717, 1.165) is 31.0 Å². The number of imidazole rings is 1. The number of ether oxygens (including phenoxy) is 1. The highest BCUT2D eigenvalue weighted by Crippen LogP contribution is 2.24. The monoisotopic (exact) mass is 202 g/mol. The summed E-state index contributed by atoms with van der Waals surface area (Å²) in [5.41, 5.74) is 3.45. The minimum atomic E-state index is 0.491. The number of rotatable bonds is 1. The average molecular weight is 202 g/mol. The molecule has 0 N–H and O–H groups in total. The number of aromatic nitrogens is 2. The Labute approximate surface area is 88.7 Å². The summed E-state index contributed by atoms with van der Waals surface area (Å²) in [7, 11) is 0. The van der Waals surface area contributed by atoms with Gasteiger partial charge in [0, 0.05) is 24.9 Å². The normalized spacial score (nSPS) is 21.3. The molecule has 1 fully saturated rings. The van der Waals surface area contributed by atoms with Crippen molar-refractivity contribution >= 4 is 5.65 Å². The van der Waals surface area contributed by atoms with Crippen LogP contribution in [0.2, 0.25) is 0 Å². The van der Waals surface area contributed by atoms with Crippen LogP contribution >= 0.6 is 0 Å². The maximum Gasteiger partial charge on any atom is 0.137 e. The van der Waals surface area contributed by atoms with Gasteiger partial charge in [0.05, 0.1) is 12.3 Å². The zero-order valence-corrected chi connectivity index (χ0v) is 8.81. The molecule has 3 rings (SSSR count). The Hall–Kier alpha value is -1.35. The van der Waals surface area contributed by atoms with Gasteiger partial charge in [0.15, 0.2) is 0 Å². The van der Waals surface area contributed by atoms with E-state index >= 15 is 0 Å². The molecule has 3 nitrogen and oxygen atoms in total. The number of hydrogen-bond acceptors (Lipinski definition) is 2. The van der Waals surface area contributed by atoms with Crippen molar-refractivity contribution in [3.05, 3.63) is 35.8 Å². The largest absolute Gasteiger partial charge is 0.381 e. The van der Waals surface area contributed by atoms with Crippen LogP contribution in [0.3, 0.4) is 0 Å². The zero-order chi connectivity index (χ0) is 10.3. The highest BCUT2D eigenvalue weighted by atomic mass is 16.5. The highest BCUT2D eigenvalue weighted by Gasteiger charge is 2.20. The van der Waals surface area contributed by atoms with E-state index in [4.69, 9.17) is 4.74 Å². The second-order valence-corrected chi connectivity index (χ2v) is 4.20. The third kappa shape index (κ3) is 1.53. The van der Waals surface area contributed by atoms with Gasteiger partial charge in [0.25, 0.3) is 0 Å². The van der Waals surface area contributed by atoms with E-state index in [1.807, 2.05) is 0 Å². The number of nitrogens with zero attached hydrogens (tertiary/aromatic N) is 2. The quantitative estimate of drug-likeness (QED) is 0.708. The van der Waals surface area contributed by atoms with E-state index in [0.29, 0.717) is 5.92 Å². The number of pyridine rings is 1. The summed E-state index contributed by atoms with van der Waals surface area (Å²) in [6.45, 7) is 3.79. The van der Waals surface area contributed by atoms with Gasteiger partial charge in [0.2, 0.25) is 0 Å². The first-order valence-electron chi connectivity index (χ1n) is 5.36. The fourth-order valence-electron chi connectivity index (χ4n) is 2.09. The van der Waals surface area contributed by atoms with Crippen molar-refractivity contribution in [2.45, 2.75) is 19.3 Å². The Morgan fingerprint density at radius 1 is 1.40 bits per heavy atom. The van der Waals surface area contributed by atoms with Crippen molar-refractivity contribution in [3.63, 3.8) is 0 Å². The molecule has 0 amide bonds. The fourth-order valence-corrected chi connectivity index (χ4v) is 2.09. The van der Waals surface area contributed by atoms with Crippen molar-refractivity contribution in [1.29, 1.82) is 0 Å². The number of fused-ring (bicyclic) bond motifs is 1. The smallest absolute Gasteiger partial charge is 0.137 e. The van der Waals surface area contributed by atoms with E-state index < -0.39 is 0 Å². The minimum absolute atomic E-state index is 0.491. The molecular formula is C12H14N2O. The minimum Gasteiger partial charge on any atom is -0.381 e. The first-order chi connectivity index (χ1) is 7.33. The van der Waals surface area contributed by atoms with Crippen LogP contribution in [0.15, 0.2) is 24.5 Å². The molecule has 15 heavy (non-hydrogen) atoms. The second-order valence-electron chi connectivity index (χ2n) is 4.20. The predicted octanol–water partition coefficient (Wildman–Crippen LogP) is 2.15. The topological polar surface area (TPSA) is 26.5 Å². The molecule has 3 heteroatoms. The molecule has 1 aliphatic heterocycles. The Bertz CT molecular complexity index is 483. The van der Waals surface area contributed by atoms with Gasteiger partial charge in [-0.05, 0) is 25.0 Å². The van der Waals surface area contributed by atoms with Crippen molar-refractivity contribution in [2.75, 3.05) is 13.2 Å². The van der Waals surface area contributed by atoms with Crippen molar-refractivity contribution < 1.29 is 4.74 Å². The van der Waals surface area contributed by atoms with Crippen LogP contribution in [0.4, 0.5) is 0 Å². The van der Waals surface area contributed by atoms with Gasteiger partial charge < -0.3 is 9.14 Å². The molecule has 0 saturated carbocycles. The van der Waals surface area contributed by atoms with Crippen LogP contribution in [-0.2, 0) is 4.74 Å². The molecule has 3 heterocycles. The van der Waals surface area contributed by atoms with E-state index in [-0.39, 0.29) is 0 Å². The number of hydrogen-bond donors (Lipinski definition) is 0. The lowest BCUT2D eigenvalue weighted by Crippen LogP contribution is -1.96. The maximum absolute atomic E-state index is 5.38. The lowest BCUT2D eigenvalue weighted by molar-refractivity contribution is 0.193. The molecular weight excluding hydrogens is 188 g/mol. The molecule has 2 aromatic rings. The zero-order valence-electron chi connectivity index (χ0n) is 8.81. The molecule has 0 bridgehead atoms. The molecule has 1 saturated heterocycles. The van der Waals surface area contributed by atoms with Crippen LogP contribution in [0.25, 0.3) is 5.65 Å². The molecule has 0 spiro atoms. The molecule has 0 radical (unpaired) electrons. The van der Waals surface area contributed by atoms with E-state index in [9.17, 15) is 0 Å². The molecule has 0 aromatic carbocycles. The third-order valence-corrected chi connectivity index (χ3v) is 2.97. The summed E-state index contributed by atoms with van der Waals surface area (Å²) in [6, 6.07) is 4.16. The van der Waals surface area contributed by atoms with Crippen LogP contribution in [0, 0.1) is 6.92 Å². The van der Waals surface area contributed by atoms with Gasteiger partial charge >= 0.3 is 0 Å². The van der Waals surface area contributed by atoms with Crippen molar-refractivity contribution in [2.24, 2.45) is 0 Å². The first kappa shape index (κ1) is 8.92. The van der Waals surface area contributed by atoms with Gasteiger partial charge in [-0.25, -0.2) is 4.98 Å². The molecule has 0 aliphatic carbocycles. The molecule has 1 unspecified atom stereocenters. The van der Waals surface area contributed by atoms with Crippen LogP contribution in [-0.4, -0.2) is 22.6 Å². The summed E-state index contributed by atoms with van der Waals surface area (Å²) in [5, 5.41) is 0. The summed E-state index contributed by atoms with van der Waals surface area (Å²) in [6.07, 6.45) is 5.34. The van der Waals surface area contributed by atoms with Crippen LogP contribution in [0.5, 0.6) is 0 Å². The SMILES string of the molecule is Cc1ccc2nc(C3CCOC3)cn2c1. The Morgan fingerprint density at radius 2 is 2.33 bits per heavy atom. The highest BCUT2D eigenvalue weighted by molar-refractivity contribution is 5.41. The fraction of sp³-hybridized carbons (Fsp3) is 0.417. The predicted molar refractivity (Wildman–Crippen MR) is 58.1 cm³/mol. The lowest BCUT2D eigenvalue weighted by atomic mass is 10.1. The summed E-state index contributed by atoms with van der Waals surface area (Å²) >= 11 is 0. The van der Waals surface area contributed by atoms with Crippen LogP contribution < -0.4 is 0 Å². The first-order valence-corrected chi connectivity index (χ1v) is 5.36. The van der Waals surface area contributed by atoms with Gasteiger partial charge in [0.1, 0.15) is 5.65 Å². The Balaban J connectivity index is 2.05. The van der Waals surface area contributed by atoms with Gasteiger partial charge in [-0.1, -0.05) is 6.07 Å². The average Bonchev–Trinajstić information content (AvgIpc) is 2.84. The summed E-state index contributed by atoms with van der Waals surface area (Å²) < 4.78 is 7.48. The summed E-state index contributed by atoms with van der Waals surface area (Å²) in [4.78, 5) is 4.62. The Kier molecular flexibility index (Phi) is 1.99. The van der Waals surface area contributed by atoms with Gasteiger partial charge in [-0.3, -0.25) is 0 Å². The van der Waals surface area contributed by atoms with Crippen molar-refractivity contribution in [3.8, 4) is 0 Å². The van der Waals surface area contributed by atoms with Crippen molar-refractivity contribution in [1.82, 2.24) is 9.38 Å². The van der Waals surface area contributed by atoms with Gasteiger partial charge in [-0.15, -0.1) is 0 Å². The maximum atomic E-state index is 5.38. The number of aryl methyl sites for hydroxylation is 1. The van der Waals surface area contributed by atoms with Gasteiger partial charge in [-0.2, -0.15) is 0 Å². The summed E-state index contributed by atoms with van der Waals surface area (Å²) in [5.74, 6) is 0.491. The second kappa shape index (κ2) is 3.35. The molecule has 2 aromatic heterocycles. The molecule has 1 atom stereocenters. The Morgan fingerprint density at radius 3 is 3.13 bits per heavy atom. The molecule has 78 valence electrons. The van der Waals surface area contributed by atoms with E-state index in [1.54, 1.807) is 0 Å². The standard InChI is InChI=1S/C12H14N2O/c1-9-2-3-12-13-11(7-14(12)6-9)10-4-5-15-8-10/h2-3,6-7,10H,4-5,8H2,1H3. The molecule has 1 aliphatic rings. The lowest BCUT2D eigenvalue weighted by Gasteiger charge is -2.00. The van der Waals surface area contributed by atoms with Crippen LogP contribution in [0.1, 0.15) is 23.6 Å².